The third-order valence-electron chi connectivity index (χ3n) is 2.80. The van der Waals surface area contributed by atoms with Gasteiger partial charge >= 0.3 is 0 Å². The molecule has 0 radical (unpaired) electrons. The van der Waals surface area contributed by atoms with E-state index in [1.807, 2.05) is 26.4 Å². The Morgan fingerprint density at radius 1 is 1.50 bits per heavy atom. The van der Waals surface area contributed by atoms with E-state index in [0.29, 0.717) is 18.7 Å². The van der Waals surface area contributed by atoms with Crippen LogP contribution in [0.3, 0.4) is 0 Å². The zero-order chi connectivity index (χ0) is 14.7. The Morgan fingerprint density at radius 2 is 2.25 bits per heavy atom. The molecule has 0 unspecified atom stereocenters. The molecule has 0 atom stereocenters. The van der Waals surface area contributed by atoms with Gasteiger partial charge in [-0.3, -0.25) is 9.48 Å². The minimum Gasteiger partial charge on any atom is -0.308 e. The van der Waals surface area contributed by atoms with Gasteiger partial charge in [0.25, 0.3) is 0 Å². The first-order valence-corrected chi connectivity index (χ1v) is 7.95. The number of nitrogens with zero attached hydrogens (tertiary/aromatic N) is 4. The van der Waals surface area contributed by atoms with Gasteiger partial charge in [-0.25, -0.2) is 4.98 Å². The van der Waals surface area contributed by atoms with Crippen LogP contribution in [0.25, 0.3) is 0 Å². The predicted molar refractivity (Wildman–Crippen MR) is 83.4 cm³/mol. The van der Waals surface area contributed by atoms with Crippen molar-refractivity contribution in [3.8, 4) is 0 Å². The molecule has 0 bridgehead atoms. The van der Waals surface area contributed by atoms with Crippen LogP contribution in [0.1, 0.15) is 21.2 Å². The van der Waals surface area contributed by atoms with E-state index in [1.54, 1.807) is 10.9 Å². The topological polar surface area (TPSA) is 51.0 Å². The van der Waals surface area contributed by atoms with Crippen LogP contribution >= 0.6 is 27.3 Å². The first-order chi connectivity index (χ1) is 9.47. The summed E-state index contributed by atoms with van der Waals surface area (Å²) >= 11 is 4.93. The average Bonchev–Trinajstić information content (AvgIpc) is 2.93. The van der Waals surface area contributed by atoms with Gasteiger partial charge in [0.2, 0.25) is 0 Å². The molecule has 0 aliphatic heterocycles. The molecule has 2 aromatic rings. The Morgan fingerprint density at radius 3 is 2.85 bits per heavy atom. The van der Waals surface area contributed by atoms with Crippen molar-refractivity contribution in [2.24, 2.45) is 0 Å². The second-order valence-electron chi connectivity index (χ2n) is 4.85. The van der Waals surface area contributed by atoms with Crippen LogP contribution in [0.15, 0.2) is 16.0 Å². The summed E-state index contributed by atoms with van der Waals surface area (Å²) < 4.78 is 2.50. The Kier molecular flexibility index (Phi) is 5.06. The van der Waals surface area contributed by atoms with Crippen molar-refractivity contribution in [2.75, 3.05) is 20.6 Å². The van der Waals surface area contributed by atoms with Gasteiger partial charge in [-0.1, -0.05) is 0 Å². The van der Waals surface area contributed by atoms with Crippen LogP contribution in [0, 0.1) is 6.92 Å². The van der Waals surface area contributed by atoms with Crippen molar-refractivity contribution in [1.29, 1.82) is 0 Å². The average molecular weight is 357 g/mol. The summed E-state index contributed by atoms with van der Waals surface area (Å²) in [4.78, 5) is 18.8. The second kappa shape index (κ2) is 6.60. The van der Waals surface area contributed by atoms with Gasteiger partial charge in [0, 0.05) is 17.6 Å². The molecule has 0 amide bonds. The highest BCUT2D eigenvalue weighted by atomic mass is 79.9. The monoisotopic (exact) mass is 356 g/mol. The Labute approximate surface area is 130 Å². The van der Waals surface area contributed by atoms with Gasteiger partial charge < -0.3 is 4.90 Å². The van der Waals surface area contributed by atoms with E-state index in [1.165, 1.54) is 11.3 Å². The summed E-state index contributed by atoms with van der Waals surface area (Å²) in [7, 11) is 4.00. The second-order valence-corrected chi connectivity index (χ2v) is 6.65. The number of likely N-dealkylation sites (N-methyl/N-ethyl adjacent to an activating group) is 1. The maximum Gasteiger partial charge on any atom is 0.188 e. The largest absolute Gasteiger partial charge is 0.308 e. The maximum absolute atomic E-state index is 12.4. The summed E-state index contributed by atoms with van der Waals surface area (Å²) in [6, 6.07) is 0. The van der Waals surface area contributed by atoms with Gasteiger partial charge in [-0.2, -0.15) is 5.10 Å². The number of aromatic nitrogens is 3. The molecule has 0 saturated carbocycles. The van der Waals surface area contributed by atoms with E-state index in [-0.39, 0.29) is 5.78 Å². The zero-order valence-corrected chi connectivity index (χ0v) is 14.2. The molecule has 108 valence electrons. The van der Waals surface area contributed by atoms with E-state index in [2.05, 4.69) is 30.9 Å². The van der Waals surface area contributed by atoms with Crippen molar-refractivity contribution < 1.29 is 4.79 Å². The molecule has 2 rings (SSSR count). The van der Waals surface area contributed by atoms with E-state index < -0.39 is 0 Å². The summed E-state index contributed by atoms with van der Waals surface area (Å²) in [6.07, 6.45) is 2.00. The Balaban J connectivity index is 2.14. The number of aryl methyl sites for hydroxylation is 1. The van der Waals surface area contributed by atoms with E-state index in [0.717, 1.165) is 21.7 Å². The third kappa shape index (κ3) is 3.74. The van der Waals surface area contributed by atoms with Gasteiger partial charge in [-0.15, -0.1) is 11.3 Å². The molecule has 20 heavy (non-hydrogen) atoms. The highest BCUT2D eigenvalue weighted by molar-refractivity contribution is 9.10. The van der Waals surface area contributed by atoms with Crippen LogP contribution in [0.5, 0.6) is 0 Å². The van der Waals surface area contributed by atoms with Crippen molar-refractivity contribution >= 4 is 33.0 Å². The summed E-state index contributed by atoms with van der Waals surface area (Å²) in [5.41, 5.74) is 1.58. The zero-order valence-electron chi connectivity index (χ0n) is 11.8. The van der Waals surface area contributed by atoms with Crippen molar-refractivity contribution in [3.05, 3.63) is 32.4 Å². The number of rotatable bonds is 6. The molecule has 0 aliphatic rings. The number of carbonyl (C=O) groups is 1. The van der Waals surface area contributed by atoms with Crippen molar-refractivity contribution in [2.45, 2.75) is 19.9 Å². The lowest BCUT2D eigenvalue weighted by Crippen LogP contribution is -2.22. The lowest BCUT2D eigenvalue weighted by Gasteiger charge is -2.11. The highest BCUT2D eigenvalue weighted by Crippen LogP contribution is 2.19. The molecule has 7 heteroatoms. The van der Waals surface area contributed by atoms with Crippen LogP contribution in [0.2, 0.25) is 0 Å². The van der Waals surface area contributed by atoms with Crippen molar-refractivity contribution in [1.82, 2.24) is 19.7 Å². The minimum atomic E-state index is 0.0440. The molecule has 0 N–H and O–H groups in total. The molecule has 0 fully saturated rings. The molecule has 0 spiro atoms. The predicted octanol–water partition coefficient (Wildman–Crippen LogP) is 2.40. The molecular weight excluding hydrogens is 340 g/mol. The standard InChI is InChI=1S/C13H17BrN4OS/c1-9-8-20-12(16-9)6-11(19)13-10(14)7-15-18(13)5-4-17(2)3/h7-8H,4-6H2,1-3H3. The van der Waals surface area contributed by atoms with Gasteiger partial charge in [-0.05, 0) is 36.9 Å². The number of Topliss-reactive ketones (excluding diaryl/α,β-unsaturated/α-hetero) is 1. The van der Waals surface area contributed by atoms with E-state index in [9.17, 15) is 4.79 Å². The molecule has 5 nitrogen and oxygen atoms in total. The quantitative estimate of drug-likeness (QED) is 0.745. The van der Waals surface area contributed by atoms with Gasteiger partial charge in [0.15, 0.2) is 5.78 Å². The van der Waals surface area contributed by atoms with E-state index in [4.69, 9.17) is 0 Å². The van der Waals surface area contributed by atoms with Crippen molar-refractivity contribution in [3.63, 3.8) is 0 Å². The molecule has 2 aromatic heterocycles. The van der Waals surface area contributed by atoms with Crippen LogP contribution in [-0.2, 0) is 13.0 Å². The van der Waals surface area contributed by atoms with Gasteiger partial charge in [0.1, 0.15) is 10.7 Å². The maximum atomic E-state index is 12.4. The molecular formula is C13H17BrN4OS. The highest BCUT2D eigenvalue weighted by Gasteiger charge is 2.18. The number of carbonyl (C=O) groups excluding carboxylic acids is 1. The van der Waals surface area contributed by atoms with E-state index >= 15 is 0 Å². The molecule has 0 aromatic carbocycles. The lowest BCUT2D eigenvalue weighted by molar-refractivity contribution is 0.0981. The fraction of sp³-hybridized carbons (Fsp3) is 0.462. The SMILES string of the molecule is Cc1csc(CC(=O)c2c(Br)cnn2CCN(C)C)n1. The normalized spacial score (nSPS) is 11.2. The van der Waals surface area contributed by atoms with Crippen LogP contribution in [0.4, 0.5) is 0 Å². The first-order valence-electron chi connectivity index (χ1n) is 6.27. The molecule has 2 heterocycles. The number of halogens is 1. The Bertz CT molecular complexity index is 605. The molecule has 0 saturated heterocycles. The minimum absolute atomic E-state index is 0.0440. The summed E-state index contributed by atoms with van der Waals surface area (Å²) in [5, 5.41) is 7.07. The van der Waals surface area contributed by atoms with Gasteiger partial charge in [0.05, 0.1) is 23.6 Å². The number of thiazole rings is 1. The fourth-order valence-corrected chi connectivity index (χ4v) is 3.10. The van der Waals surface area contributed by atoms with Crippen LogP contribution < -0.4 is 0 Å². The first kappa shape index (κ1) is 15.3. The lowest BCUT2D eigenvalue weighted by atomic mass is 10.2. The number of hydrogen-bond donors (Lipinski definition) is 0. The fourth-order valence-electron chi connectivity index (χ4n) is 1.81. The third-order valence-corrected chi connectivity index (χ3v) is 4.34. The molecule has 0 aliphatic carbocycles. The summed E-state index contributed by atoms with van der Waals surface area (Å²) in [5.74, 6) is 0.0440. The summed E-state index contributed by atoms with van der Waals surface area (Å²) in [6.45, 7) is 3.46. The van der Waals surface area contributed by atoms with Crippen LogP contribution in [-0.4, -0.2) is 46.1 Å². The Hall–Kier alpha value is -1.05. The number of ketones is 1. The smallest absolute Gasteiger partial charge is 0.188 e. The number of hydrogen-bond acceptors (Lipinski definition) is 5.